The predicted octanol–water partition coefficient (Wildman–Crippen LogP) is 3.03. The van der Waals surface area contributed by atoms with Gasteiger partial charge in [0.1, 0.15) is 0 Å². The zero-order valence-electron chi connectivity index (χ0n) is 14.8. The van der Waals surface area contributed by atoms with E-state index in [0.29, 0.717) is 30.4 Å². The highest BCUT2D eigenvalue weighted by atomic mass is 16.5. The minimum absolute atomic E-state index is 0.0830. The van der Waals surface area contributed by atoms with Crippen molar-refractivity contribution in [3.05, 3.63) is 47.8 Å². The van der Waals surface area contributed by atoms with Gasteiger partial charge in [-0.2, -0.15) is 4.57 Å². The van der Waals surface area contributed by atoms with Crippen LogP contribution in [-0.2, 0) is 11.3 Å². The Morgan fingerprint density at radius 2 is 1.79 bits per heavy atom. The van der Waals surface area contributed by atoms with Crippen LogP contribution in [0.25, 0.3) is 0 Å². The fourth-order valence-electron chi connectivity index (χ4n) is 2.41. The molecule has 0 aliphatic rings. The predicted molar refractivity (Wildman–Crippen MR) is 93.5 cm³/mol. The lowest BCUT2D eigenvalue weighted by Gasteiger charge is -2.12. The van der Waals surface area contributed by atoms with Crippen molar-refractivity contribution in [2.24, 2.45) is 0 Å². The van der Waals surface area contributed by atoms with Crippen LogP contribution in [0.2, 0.25) is 0 Å². The van der Waals surface area contributed by atoms with Crippen LogP contribution in [0.5, 0.6) is 11.5 Å². The molecule has 0 aliphatic carbocycles. The molecule has 1 N–H and O–H groups in total. The Morgan fingerprint density at radius 1 is 1.08 bits per heavy atom. The number of aromatic nitrogens is 1. The summed E-state index contributed by atoms with van der Waals surface area (Å²) < 4.78 is 13.0. The Kier molecular flexibility index (Phi) is 6.18. The van der Waals surface area contributed by atoms with Crippen molar-refractivity contribution in [3.63, 3.8) is 0 Å². The standard InChI is InChI=1S/C19H24N2O3/c1-5-23-17-10-9-16(12-18(17)24-6-2)20-19(22)13-21-11-7-8-14(3)15(21)4/h7-12H,5-6,13H2,1-4H3/p+1. The van der Waals surface area contributed by atoms with E-state index in [1.54, 1.807) is 6.07 Å². The molecule has 1 heterocycles. The molecular weight excluding hydrogens is 304 g/mol. The van der Waals surface area contributed by atoms with E-state index in [9.17, 15) is 4.79 Å². The maximum atomic E-state index is 12.3. The van der Waals surface area contributed by atoms with Gasteiger partial charge in [0.15, 0.2) is 23.4 Å². The molecule has 24 heavy (non-hydrogen) atoms. The molecule has 1 aromatic heterocycles. The van der Waals surface area contributed by atoms with E-state index in [-0.39, 0.29) is 12.5 Å². The van der Waals surface area contributed by atoms with Crippen molar-refractivity contribution in [3.8, 4) is 11.5 Å². The molecule has 0 bridgehead atoms. The first-order valence-electron chi connectivity index (χ1n) is 8.20. The van der Waals surface area contributed by atoms with Gasteiger partial charge in [-0.05, 0) is 39.0 Å². The summed E-state index contributed by atoms with van der Waals surface area (Å²) in [4.78, 5) is 12.3. The van der Waals surface area contributed by atoms with Crippen molar-refractivity contribution in [1.82, 2.24) is 0 Å². The fourth-order valence-corrected chi connectivity index (χ4v) is 2.41. The smallest absolute Gasteiger partial charge is 0.290 e. The van der Waals surface area contributed by atoms with Crippen molar-refractivity contribution in [2.45, 2.75) is 34.2 Å². The number of amides is 1. The average Bonchev–Trinajstić information content (AvgIpc) is 2.55. The van der Waals surface area contributed by atoms with E-state index < -0.39 is 0 Å². The molecule has 1 amide bonds. The van der Waals surface area contributed by atoms with Crippen LogP contribution in [0.1, 0.15) is 25.1 Å². The third-order valence-electron chi connectivity index (χ3n) is 3.75. The molecule has 0 saturated carbocycles. The van der Waals surface area contributed by atoms with Gasteiger partial charge in [-0.1, -0.05) is 0 Å². The SMILES string of the molecule is CCOc1ccc(NC(=O)C[n+]2cccc(C)c2C)cc1OCC. The number of pyridine rings is 1. The van der Waals surface area contributed by atoms with Crippen LogP contribution in [0.3, 0.4) is 0 Å². The molecule has 0 unspecified atom stereocenters. The Morgan fingerprint density at radius 3 is 2.50 bits per heavy atom. The average molecular weight is 329 g/mol. The molecule has 2 aromatic rings. The van der Waals surface area contributed by atoms with Crippen LogP contribution in [0, 0.1) is 13.8 Å². The minimum Gasteiger partial charge on any atom is -0.490 e. The summed E-state index contributed by atoms with van der Waals surface area (Å²) in [5.74, 6) is 1.23. The van der Waals surface area contributed by atoms with E-state index in [2.05, 4.69) is 5.32 Å². The molecule has 0 spiro atoms. The van der Waals surface area contributed by atoms with Crippen molar-refractivity contribution >= 4 is 11.6 Å². The van der Waals surface area contributed by atoms with Crippen molar-refractivity contribution < 1.29 is 18.8 Å². The quantitative estimate of drug-likeness (QED) is 0.795. The van der Waals surface area contributed by atoms with Gasteiger partial charge in [-0.3, -0.25) is 4.79 Å². The molecule has 0 radical (unpaired) electrons. The highest BCUT2D eigenvalue weighted by Gasteiger charge is 2.15. The summed E-state index contributed by atoms with van der Waals surface area (Å²) in [5.41, 5.74) is 2.93. The second-order valence-corrected chi connectivity index (χ2v) is 5.48. The second kappa shape index (κ2) is 8.34. The van der Waals surface area contributed by atoms with Crippen LogP contribution in [0.4, 0.5) is 5.69 Å². The minimum atomic E-state index is -0.0830. The Balaban J connectivity index is 2.11. The highest BCUT2D eigenvalue weighted by Crippen LogP contribution is 2.30. The Hall–Kier alpha value is -2.56. The van der Waals surface area contributed by atoms with Gasteiger partial charge >= 0.3 is 0 Å². The van der Waals surface area contributed by atoms with Gasteiger partial charge in [-0.15, -0.1) is 0 Å². The van der Waals surface area contributed by atoms with Crippen LogP contribution in [-0.4, -0.2) is 19.1 Å². The number of carbonyl (C=O) groups excluding carboxylic acids is 1. The van der Waals surface area contributed by atoms with Crippen molar-refractivity contribution in [2.75, 3.05) is 18.5 Å². The lowest BCUT2D eigenvalue weighted by Crippen LogP contribution is -2.43. The molecule has 1 aromatic carbocycles. The van der Waals surface area contributed by atoms with E-state index in [4.69, 9.17) is 9.47 Å². The largest absolute Gasteiger partial charge is 0.490 e. The van der Waals surface area contributed by atoms with E-state index in [1.807, 2.05) is 62.7 Å². The highest BCUT2D eigenvalue weighted by molar-refractivity contribution is 5.90. The number of anilines is 1. The van der Waals surface area contributed by atoms with Gasteiger partial charge in [0.25, 0.3) is 5.91 Å². The second-order valence-electron chi connectivity index (χ2n) is 5.48. The van der Waals surface area contributed by atoms with Crippen LogP contribution < -0.4 is 19.4 Å². The first kappa shape index (κ1) is 17.8. The molecule has 0 saturated heterocycles. The molecule has 0 aliphatic heterocycles. The molecule has 2 rings (SSSR count). The van der Waals surface area contributed by atoms with Crippen LogP contribution >= 0.6 is 0 Å². The molecule has 5 nitrogen and oxygen atoms in total. The molecule has 128 valence electrons. The first-order chi connectivity index (χ1) is 11.5. The lowest BCUT2D eigenvalue weighted by atomic mass is 10.2. The molecule has 0 fully saturated rings. The summed E-state index contributed by atoms with van der Waals surface area (Å²) in [6.45, 7) is 9.25. The van der Waals surface area contributed by atoms with E-state index in [1.165, 1.54) is 0 Å². The van der Waals surface area contributed by atoms with Crippen LogP contribution in [0.15, 0.2) is 36.5 Å². The molecule has 5 heteroatoms. The third kappa shape index (κ3) is 4.47. The van der Waals surface area contributed by atoms with Gasteiger partial charge in [0.05, 0.1) is 13.2 Å². The maximum Gasteiger partial charge on any atom is 0.290 e. The number of ether oxygens (including phenoxy) is 2. The molecular formula is C19H25N2O3+. The zero-order chi connectivity index (χ0) is 17.5. The number of hydrogen-bond acceptors (Lipinski definition) is 3. The zero-order valence-corrected chi connectivity index (χ0v) is 14.8. The molecule has 0 atom stereocenters. The van der Waals surface area contributed by atoms with Gasteiger partial charge in [0.2, 0.25) is 6.54 Å². The summed E-state index contributed by atoms with van der Waals surface area (Å²) in [6.07, 6.45) is 1.91. The Bertz CT molecular complexity index is 714. The van der Waals surface area contributed by atoms with Crippen molar-refractivity contribution in [1.29, 1.82) is 0 Å². The number of rotatable bonds is 7. The number of aryl methyl sites for hydroxylation is 1. The Labute approximate surface area is 143 Å². The van der Waals surface area contributed by atoms with E-state index in [0.717, 1.165) is 11.3 Å². The summed E-state index contributed by atoms with van der Waals surface area (Å²) in [5, 5.41) is 2.91. The summed E-state index contributed by atoms with van der Waals surface area (Å²) in [7, 11) is 0. The first-order valence-corrected chi connectivity index (χ1v) is 8.20. The summed E-state index contributed by atoms with van der Waals surface area (Å²) >= 11 is 0. The van der Waals surface area contributed by atoms with Gasteiger partial charge < -0.3 is 14.8 Å². The monoisotopic (exact) mass is 329 g/mol. The topological polar surface area (TPSA) is 51.4 Å². The third-order valence-corrected chi connectivity index (χ3v) is 3.75. The maximum absolute atomic E-state index is 12.3. The van der Waals surface area contributed by atoms with Gasteiger partial charge in [0, 0.05) is 30.3 Å². The fraction of sp³-hybridized carbons (Fsp3) is 0.368. The van der Waals surface area contributed by atoms with Gasteiger partial charge in [-0.25, -0.2) is 0 Å². The number of nitrogens with zero attached hydrogens (tertiary/aromatic N) is 1. The number of benzene rings is 1. The lowest BCUT2D eigenvalue weighted by molar-refractivity contribution is -0.690. The normalized spacial score (nSPS) is 10.3. The number of hydrogen-bond donors (Lipinski definition) is 1. The number of carbonyl (C=O) groups is 1. The number of nitrogens with one attached hydrogen (secondary N) is 1. The van der Waals surface area contributed by atoms with E-state index >= 15 is 0 Å². The summed E-state index contributed by atoms with van der Waals surface area (Å²) in [6, 6.07) is 9.40.